The highest BCUT2D eigenvalue weighted by molar-refractivity contribution is 9.10. The zero-order chi connectivity index (χ0) is 10.7. The second-order valence-electron chi connectivity index (χ2n) is 2.57. The van der Waals surface area contributed by atoms with Gasteiger partial charge in [-0.05, 0) is 27.6 Å². The van der Waals surface area contributed by atoms with Crippen LogP contribution in [0.1, 0.15) is 23.2 Å². The molecule has 14 heavy (non-hydrogen) atoms. The molecule has 0 atom stereocenters. The first-order valence-electron chi connectivity index (χ1n) is 3.73. The molecule has 0 spiro atoms. The summed E-state index contributed by atoms with van der Waals surface area (Å²) in [4.78, 5) is 3.60. The third-order valence-electron chi connectivity index (χ3n) is 1.71. The van der Waals surface area contributed by atoms with Gasteiger partial charge in [-0.25, -0.2) is 13.8 Å². The number of aliphatic hydroxyl groups is 1. The second kappa shape index (κ2) is 5.00. The molecule has 0 bridgehead atoms. The first-order chi connectivity index (χ1) is 6.60. The van der Waals surface area contributed by atoms with E-state index in [1.165, 1.54) is 6.07 Å². The van der Waals surface area contributed by atoms with Gasteiger partial charge in [0.1, 0.15) is 10.3 Å². The Balaban J connectivity index is 3.24. The Labute approximate surface area is 93.0 Å². The monoisotopic (exact) mass is 285 g/mol. The van der Waals surface area contributed by atoms with E-state index in [4.69, 9.17) is 16.7 Å². The Hall–Kier alpha value is -0.260. The van der Waals surface area contributed by atoms with Crippen molar-refractivity contribution in [3.8, 4) is 0 Å². The van der Waals surface area contributed by atoms with Crippen LogP contribution >= 0.6 is 27.5 Å². The topological polar surface area (TPSA) is 33.1 Å². The summed E-state index contributed by atoms with van der Waals surface area (Å²) < 4.78 is 24.8. The molecule has 0 saturated carbocycles. The fourth-order valence-electron chi connectivity index (χ4n) is 1.01. The van der Waals surface area contributed by atoms with E-state index >= 15 is 0 Å². The van der Waals surface area contributed by atoms with E-state index in [-0.39, 0.29) is 22.8 Å². The van der Waals surface area contributed by atoms with Gasteiger partial charge in [-0.1, -0.05) is 0 Å². The van der Waals surface area contributed by atoms with Crippen molar-refractivity contribution in [2.45, 2.75) is 18.9 Å². The predicted octanol–water partition coefficient (Wildman–Crippen LogP) is 3.01. The van der Waals surface area contributed by atoms with Crippen molar-refractivity contribution in [3.05, 3.63) is 27.5 Å². The number of nitrogens with zero attached hydrogens (tertiary/aromatic N) is 1. The SMILES string of the molecule is OCc1c(CCl)cc(C(F)F)nc1Br. The third-order valence-corrected chi connectivity index (χ3v) is 2.66. The van der Waals surface area contributed by atoms with E-state index in [2.05, 4.69) is 20.9 Å². The first-order valence-corrected chi connectivity index (χ1v) is 5.06. The van der Waals surface area contributed by atoms with Gasteiger partial charge in [0.05, 0.1) is 6.61 Å². The Morgan fingerprint density at radius 1 is 1.57 bits per heavy atom. The van der Waals surface area contributed by atoms with Crippen LogP contribution in [0.5, 0.6) is 0 Å². The molecule has 0 amide bonds. The maximum absolute atomic E-state index is 12.3. The lowest BCUT2D eigenvalue weighted by molar-refractivity contribution is 0.145. The Morgan fingerprint density at radius 2 is 2.21 bits per heavy atom. The molecule has 0 aliphatic rings. The number of alkyl halides is 3. The van der Waals surface area contributed by atoms with Crippen molar-refractivity contribution in [1.82, 2.24) is 4.98 Å². The lowest BCUT2D eigenvalue weighted by Gasteiger charge is -2.08. The van der Waals surface area contributed by atoms with Gasteiger partial charge in [-0.15, -0.1) is 11.6 Å². The van der Waals surface area contributed by atoms with Crippen molar-refractivity contribution in [1.29, 1.82) is 0 Å². The molecule has 1 aromatic rings. The Bertz CT molecular complexity index is 335. The van der Waals surface area contributed by atoms with E-state index < -0.39 is 6.43 Å². The minimum atomic E-state index is -2.64. The van der Waals surface area contributed by atoms with Gasteiger partial charge in [0.15, 0.2) is 0 Å². The molecular weight excluding hydrogens is 279 g/mol. The van der Waals surface area contributed by atoms with Gasteiger partial charge < -0.3 is 5.11 Å². The van der Waals surface area contributed by atoms with Crippen molar-refractivity contribution in [2.24, 2.45) is 0 Å². The summed E-state index contributed by atoms with van der Waals surface area (Å²) in [6.45, 7) is -0.279. The quantitative estimate of drug-likeness (QED) is 0.684. The molecule has 1 N–H and O–H groups in total. The molecule has 0 saturated heterocycles. The molecule has 6 heteroatoms. The summed E-state index contributed by atoms with van der Waals surface area (Å²) in [5, 5.41) is 8.94. The van der Waals surface area contributed by atoms with Crippen molar-refractivity contribution < 1.29 is 13.9 Å². The largest absolute Gasteiger partial charge is 0.392 e. The molecule has 1 aromatic heterocycles. The molecule has 0 aliphatic carbocycles. The fraction of sp³-hybridized carbons (Fsp3) is 0.375. The van der Waals surface area contributed by atoms with Crippen LogP contribution in [-0.4, -0.2) is 10.1 Å². The van der Waals surface area contributed by atoms with Crippen LogP contribution in [0.4, 0.5) is 8.78 Å². The van der Waals surface area contributed by atoms with Crippen LogP contribution in [0, 0.1) is 0 Å². The second-order valence-corrected chi connectivity index (χ2v) is 3.59. The van der Waals surface area contributed by atoms with E-state index in [0.29, 0.717) is 11.1 Å². The molecule has 0 fully saturated rings. The van der Waals surface area contributed by atoms with Crippen LogP contribution in [0.15, 0.2) is 10.7 Å². The normalized spacial score (nSPS) is 11.0. The fourth-order valence-corrected chi connectivity index (χ4v) is 1.83. The molecule has 78 valence electrons. The molecule has 0 aliphatic heterocycles. The van der Waals surface area contributed by atoms with Gasteiger partial charge >= 0.3 is 0 Å². The summed E-state index contributed by atoms with van der Waals surface area (Å²) >= 11 is 8.56. The Morgan fingerprint density at radius 3 is 2.64 bits per heavy atom. The smallest absolute Gasteiger partial charge is 0.280 e. The zero-order valence-corrected chi connectivity index (χ0v) is 9.32. The van der Waals surface area contributed by atoms with Crippen molar-refractivity contribution in [3.63, 3.8) is 0 Å². The van der Waals surface area contributed by atoms with Gasteiger partial charge in [-0.2, -0.15) is 0 Å². The first kappa shape index (κ1) is 11.8. The average molecular weight is 287 g/mol. The van der Waals surface area contributed by atoms with Crippen molar-refractivity contribution in [2.75, 3.05) is 0 Å². The number of halogens is 4. The van der Waals surface area contributed by atoms with Crippen LogP contribution in [0.3, 0.4) is 0 Å². The van der Waals surface area contributed by atoms with E-state index in [1.807, 2.05) is 0 Å². The third kappa shape index (κ3) is 2.40. The summed E-state index contributed by atoms with van der Waals surface area (Å²) in [7, 11) is 0. The molecule has 0 aromatic carbocycles. The van der Waals surface area contributed by atoms with Crippen LogP contribution in [-0.2, 0) is 12.5 Å². The highest BCUT2D eigenvalue weighted by Crippen LogP contribution is 2.26. The number of pyridine rings is 1. The zero-order valence-electron chi connectivity index (χ0n) is 6.98. The molecule has 1 heterocycles. The molecule has 0 radical (unpaired) electrons. The van der Waals surface area contributed by atoms with Crippen LogP contribution in [0.25, 0.3) is 0 Å². The minimum Gasteiger partial charge on any atom is -0.392 e. The Kier molecular flexibility index (Phi) is 4.22. The highest BCUT2D eigenvalue weighted by Gasteiger charge is 2.15. The number of hydrogen-bond acceptors (Lipinski definition) is 2. The standard InChI is InChI=1S/C8H7BrClF2NO/c9-7-5(3-14)4(2-10)1-6(13-7)8(11)12/h1,8,14H,2-3H2. The summed E-state index contributed by atoms with van der Waals surface area (Å²) in [5.74, 6) is 0.0662. The van der Waals surface area contributed by atoms with Gasteiger partial charge in [0.2, 0.25) is 0 Å². The molecule has 0 unspecified atom stereocenters. The van der Waals surface area contributed by atoms with Gasteiger partial charge in [0, 0.05) is 11.4 Å². The van der Waals surface area contributed by atoms with E-state index in [1.54, 1.807) is 0 Å². The van der Waals surface area contributed by atoms with Gasteiger partial charge in [0.25, 0.3) is 6.43 Å². The number of hydrogen-bond donors (Lipinski definition) is 1. The lowest BCUT2D eigenvalue weighted by Crippen LogP contribution is -2.00. The number of rotatable bonds is 3. The number of aromatic nitrogens is 1. The lowest BCUT2D eigenvalue weighted by atomic mass is 10.1. The summed E-state index contributed by atoms with van der Waals surface area (Å²) in [6.07, 6.45) is -2.64. The van der Waals surface area contributed by atoms with E-state index in [9.17, 15) is 8.78 Å². The molecule has 2 nitrogen and oxygen atoms in total. The molecule has 1 rings (SSSR count). The maximum Gasteiger partial charge on any atom is 0.280 e. The van der Waals surface area contributed by atoms with Crippen LogP contribution in [0.2, 0.25) is 0 Å². The maximum atomic E-state index is 12.3. The van der Waals surface area contributed by atoms with Crippen LogP contribution < -0.4 is 0 Å². The van der Waals surface area contributed by atoms with Crippen molar-refractivity contribution >= 4 is 27.5 Å². The average Bonchev–Trinajstić information content (AvgIpc) is 2.16. The summed E-state index contributed by atoms with van der Waals surface area (Å²) in [5.41, 5.74) is 0.570. The minimum absolute atomic E-state index is 0.0662. The molecular formula is C8H7BrClF2NO. The highest BCUT2D eigenvalue weighted by atomic mass is 79.9. The van der Waals surface area contributed by atoms with Gasteiger partial charge in [-0.3, -0.25) is 0 Å². The number of aliphatic hydroxyl groups excluding tert-OH is 1. The summed E-state index contributed by atoms with van der Waals surface area (Å²) in [6, 6.07) is 1.20. The van der Waals surface area contributed by atoms with E-state index in [0.717, 1.165) is 0 Å². The predicted molar refractivity (Wildman–Crippen MR) is 52.4 cm³/mol.